The van der Waals surface area contributed by atoms with E-state index in [0.29, 0.717) is 0 Å². The van der Waals surface area contributed by atoms with Crippen molar-refractivity contribution in [2.24, 2.45) is 0 Å². The number of rotatable bonds is 5. The molecule has 0 fully saturated rings. The SMILES string of the molecule is CS(=O)CCCNC1c2ccccc2-c2ccccc21. The first-order valence-corrected chi connectivity index (χ1v) is 8.72. The van der Waals surface area contributed by atoms with Crippen molar-refractivity contribution < 1.29 is 4.21 Å². The van der Waals surface area contributed by atoms with Crippen molar-refractivity contribution in [3.63, 3.8) is 0 Å². The lowest BCUT2D eigenvalue weighted by Crippen LogP contribution is -2.22. The molecule has 1 unspecified atom stereocenters. The van der Waals surface area contributed by atoms with E-state index in [4.69, 9.17) is 0 Å². The number of fused-ring (bicyclic) bond motifs is 3. The Morgan fingerprint density at radius 2 is 1.55 bits per heavy atom. The van der Waals surface area contributed by atoms with Crippen molar-refractivity contribution in [1.29, 1.82) is 0 Å². The van der Waals surface area contributed by atoms with Crippen LogP contribution in [0.2, 0.25) is 0 Å². The van der Waals surface area contributed by atoms with Gasteiger partial charge in [-0.2, -0.15) is 0 Å². The second-order valence-electron chi connectivity index (χ2n) is 5.19. The number of hydrogen-bond donors (Lipinski definition) is 1. The first-order chi connectivity index (χ1) is 9.77. The Hall–Kier alpha value is -1.45. The molecule has 0 saturated carbocycles. The summed E-state index contributed by atoms with van der Waals surface area (Å²) in [7, 11) is -0.699. The van der Waals surface area contributed by atoms with E-state index in [-0.39, 0.29) is 6.04 Å². The van der Waals surface area contributed by atoms with Crippen LogP contribution in [0.4, 0.5) is 0 Å². The van der Waals surface area contributed by atoms with Crippen LogP contribution in [0.25, 0.3) is 11.1 Å². The van der Waals surface area contributed by atoms with E-state index in [2.05, 4.69) is 53.8 Å². The number of hydrogen-bond acceptors (Lipinski definition) is 2. The predicted octanol–water partition coefficient (Wildman–Crippen LogP) is 3.11. The second-order valence-corrected chi connectivity index (χ2v) is 6.75. The summed E-state index contributed by atoms with van der Waals surface area (Å²) in [5.74, 6) is 0.767. The molecular weight excluding hydrogens is 266 g/mol. The molecule has 2 aromatic carbocycles. The molecule has 0 radical (unpaired) electrons. The fourth-order valence-corrected chi connectivity index (χ4v) is 3.45. The summed E-state index contributed by atoms with van der Waals surface area (Å²) in [6.45, 7) is 0.896. The third-order valence-electron chi connectivity index (χ3n) is 3.79. The highest BCUT2D eigenvalue weighted by Gasteiger charge is 2.26. The standard InChI is InChI=1S/C17H19NOS/c1-20(19)12-6-11-18-17-15-9-4-2-7-13(15)14-8-3-5-10-16(14)17/h2-5,7-10,17-18H,6,11-12H2,1H3. The van der Waals surface area contributed by atoms with Gasteiger partial charge in [-0.3, -0.25) is 4.21 Å². The average Bonchev–Trinajstić information content (AvgIpc) is 2.78. The van der Waals surface area contributed by atoms with E-state index in [0.717, 1.165) is 18.7 Å². The van der Waals surface area contributed by atoms with Crippen molar-refractivity contribution >= 4 is 10.8 Å². The molecule has 0 spiro atoms. The zero-order valence-electron chi connectivity index (χ0n) is 11.6. The molecule has 1 atom stereocenters. The van der Waals surface area contributed by atoms with Crippen LogP contribution in [0, 0.1) is 0 Å². The van der Waals surface area contributed by atoms with Gasteiger partial charge in [0, 0.05) is 22.8 Å². The maximum Gasteiger partial charge on any atom is 0.0588 e. The quantitative estimate of drug-likeness (QED) is 0.855. The monoisotopic (exact) mass is 285 g/mol. The molecule has 1 aliphatic carbocycles. The maximum absolute atomic E-state index is 11.1. The van der Waals surface area contributed by atoms with Gasteiger partial charge in [-0.1, -0.05) is 48.5 Å². The fraction of sp³-hybridized carbons (Fsp3) is 0.294. The molecule has 1 N–H and O–H groups in total. The lowest BCUT2D eigenvalue weighted by molar-refractivity contribution is 0.607. The molecule has 3 heteroatoms. The van der Waals surface area contributed by atoms with Crippen LogP contribution in [0.5, 0.6) is 0 Å². The van der Waals surface area contributed by atoms with E-state index < -0.39 is 10.8 Å². The van der Waals surface area contributed by atoms with Crippen LogP contribution >= 0.6 is 0 Å². The molecule has 3 rings (SSSR count). The summed E-state index contributed by atoms with van der Waals surface area (Å²) < 4.78 is 11.1. The zero-order valence-corrected chi connectivity index (χ0v) is 12.5. The molecular formula is C17H19NOS. The van der Waals surface area contributed by atoms with Gasteiger partial charge >= 0.3 is 0 Å². The van der Waals surface area contributed by atoms with Crippen molar-refractivity contribution in [2.75, 3.05) is 18.6 Å². The van der Waals surface area contributed by atoms with Gasteiger partial charge in [-0.25, -0.2) is 0 Å². The summed E-state index contributed by atoms with van der Waals surface area (Å²) in [6, 6.07) is 17.4. The van der Waals surface area contributed by atoms with Crippen molar-refractivity contribution in [3.05, 3.63) is 59.7 Å². The Morgan fingerprint density at radius 3 is 2.10 bits per heavy atom. The second kappa shape index (κ2) is 5.90. The molecule has 0 amide bonds. The molecule has 1 aliphatic rings. The van der Waals surface area contributed by atoms with Crippen molar-refractivity contribution in [1.82, 2.24) is 5.32 Å². The third kappa shape index (κ3) is 2.56. The van der Waals surface area contributed by atoms with Gasteiger partial charge in [0.15, 0.2) is 0 Å². The zero-order chi connectivity index (χ0) is 13.9. The molecule has 0 aliphatic heterocycles. The van der Waals surface area contributed by atoms with Crippen molar-refractivity contribution in [3.8, 4) is 11.1 Å². The van der Waals surface area contributed by atoms with Gasteiger partial charge in [-0.15, -0.1) is 0 Å². The Labute approximate surface area is 122 Å². The summed E-state index contributed by atoms with van der Waals surface area (Å²) >= 11 is 0. The van der Waals surface area contributed by atoms with Gasteiger partial charge in [0.25, 0.3) is 0 Å². The summed E-state index contributed by atoms with van der Waals surface area (Å²) in [5, 5.41) is 3.61. The Bertz CT molecular complexity index is 593. The highest BCUT2D eigenvalue weighted by atomic mass is 32.2. The Morgan fingerprint density at radius 1 is 1.00 bits per heavy atom. The van der Waals surface area contributed by atoms with E-state index in [1.54, 1.807) is 6.26 Å². The molecule has 20 heavy (non-hydrogen) atoms. The minimum Gasteiger partial charge on any atom is -0.306 e. The van der Waals surface area contributed by atoms with Crippen molar-refractivity contribution in [2.45, 2.75) is 12.5 Å². The van der Waals surface area contributed by atoms with Gasteiger partial charge in [0.1, 0.15) is 0 Å². The highest BCUT2D eigenvalue weighted by Crippen LogP contribution is 2.42. The van der Waals surface area contributed by atoms with E-state index in [1.807, 2.05) is 0 Å². The van der Waals surface area contributed by atoms with Crippen LogP contribution in [-0.2, 0) is 10.8 Å². The minimum atomic E-state index is -0.699. The lowest BCUT2D eigenvalue weighted by Gasteiger charge is -2.15. The van der Waals surface area contributed by atoms with E-state index in [9.17, 15) is 4.21 Å². The summed E-state index contributed by atoms with van der Waals surface area (Å²) in [6.07, 6.45) is 2.71. The molecule has 0 bridgehead atoms. The van der Waals surface area contributed by atoms with E-state index >= 15 is 0 Å². The fourth-order valence-electron chi connectivity index (χ4n) is 2.90. The number of nitrogens with one attached hydrogen (secondary N) is 1. The van der Waals surface area contributed by atoms with Crippen LogP contribution in [0.15, 0.2) is 48.5 Å². The van der Waals surface area contributed by atoms with Crippen LogP contribution in [-0.4, -0.2) is 22.8 Å². The Balaban J connectivity index is 1.82. The summed E-state index contributed by atoms with van der Waals surface area (Å²) in [5.41, 5.74) is 5.37. The third-order valence-corrected chi connectivity index (χ3v) is 4.65. The topological polar surface area (TPSA) is 29.1 Å². The van der Waals surface area contributed by atoms with Crippen LogP contribution in [0.1, 0.15) is 23.6 Å². The van der Waals surface area contributed by atoms with Gasteiger partial charge in [0.05, 0.1) is 6.04 Å². The number of benzene rings is 2. The highest BCUT2D eigenvalue weighted by molar-refractivity contribution is 7.84. The van der Waals surface area contributed by atoms with Crippen LogP contribution in [0.3, 0.4) is 0 Å². The Kier molecular flexibility index (Phi) is 3.99. The normalized spacial score (nSPS) is 14.8. The average molecular weight is 285 g/mol. The van der Waals surface area contributed by atoms with Gasteiger partial charge in [-0.05, 0) is 35.2 Å². The lowest BCUT2D eigenvalue weighted by atomic mass is 10.1. The minimum absolute atomic E-state index is 0.271. The summed E-state index contributed by atoms with van der Waals surface area (Å²) in [4.78, 5) is 0. The molecule has 0 heterocycles. The largest absolute Gasteiger partial charge is 0.306 e. The molecule has 0 saturated heterocycles. The predicted molar refractivity (Wildman–Crippen MR) is 85.3 cm³/mol. The smallest absolute Gasteiger partial charge is 0.0588 e. The molecule has 2 nitrogen and oxygen atoms in total. The first kappa shape index (κ1) is 13.5. The first-order valence-electron chi connectivity index (χ1n) is 6.99. The van der Waals surface area contributed by atoms with Gasteiger partial charge < -0.3 is 5.32 Å². The van der Waals surface area contributed by atoms with E-state index in [1.165, 1.54) is 22.3 Å². The van der Waals surface area contributed by atoms with Gasteiger partial charge in [0.2, 0.25) is 0 Å². The molecule has 2 aromatic rings. The molecule has 0 aromatic heterocycles. The van der Waals surface area contributed by atoms with Crippen LogP contribution < -0.4 is 5.32 Å². The molecule has 104 valence electrons. The maximum atomic E-state index is 11.1.